The minimum Gasteiger partial charge on any atom is -0.447 e. The van der Waals surface area contributed by atoms with Gasteiger partial charge in [0, 0.05) is 12.4 Å². The summed E-state index contributed by atoms with van der Waals surface area (Å²) in [6, 6.07) is 43.3. The van der Waals surface area contributed by atoms with Gasteiger partial charge in [-0.1, -0.05) is 127 Å². The number of cyclic esters (lactones) is 1. The van der Waals surface area contributed by atoms with Gasteiger partial charge in [-0.05, 0) is 67.5 Å². The molecule has 0 saturated carbocycles. The van der Waals surface area contributed by atoms with Crippen LogP contribution in [0.1, 0.15) is 60.2 Å². The Labute approximate surface area is 320 Å². The normalized spacial score (nSPS) is 14.9. The van der Waals surface area contributed by atoms with E-state index in [0.717, 1.165) is 22.3 Å². The van der Waals surface area contributed by atoms with Gasteiger partial charge in [-0.15, -0.1) is 0 Å². The molecule has 6 aromatic rings. The van der Waals surface area contributed by atoms with E-state index in [2.05, 4.69) is 51.3 Å². The van der Waals surface area contributed by atoms with Crippen molar-refractivity contribution in [2.45, 2.75) is 56.7 Å². The lowest BCUT2D eigenvalue weighted by Gasteiger charge is -2.37. The van der Waals surface area contributed by atoms with E-state index in [1.807, 2.05) is 91.1 Å². The Morgan fingerprint density at radius 2 is 1.35 bits per heavy atom. The molecule has 1 saturated heterocycles. The Bertz CT molecular complexity index is 2120. The summed E-state index contributed by atoms with van der Waals surface area (Å²) in [4.78, 5) is 51.3. The van der Waals surface area contributed by atoms with Crippen molar-refractivity contribution in [1.29, 1.82) is 0 Å². The van der Waals surface area contributed by atoms with Crippen molar-refractivity contribution in [3.05, 3.63) is 186 Å². The van der Waals surface area contributed by atoms with Crippen LogP contribution in [0.4, 0.5) is 15.4 Å². The van der Waals surface area contributed by atoms with Crippen molar-refractivity contribution < 1.29 is 23.9 Å². The number of carbonyl (C=O) groups excluding carboxylic acids is 3. The van der Waals surface area contributed by atoms with Gasteiger partial charge in [0.1, 0.15) is 23.6 Å². The Kier molecular flexibility index (Phi) is 10.6. The van der Waals surface area contributed by atoms with Crippen molar-refractivity contribution in [3.8, 4) is 0 Å². The summed E-state index contributed by atoms with van der Waals surface area (Å²) in [7, 11) is 0. The molecule has 3 heterocycles. The highest BCUT2D eigenvalue weighted by Crippen LogP contribution is 2.41. The Morgan fingerprint density at radius 3 is 1.87 bits per heavy atom. The molecule has 1 N–H and O–H groups in total. The third-order valence-electron chi connectivity index (χ3n) is 9.63. The van der Waals surface area contributed by atoms with Crippen LogP contribution in [0.15, 0.2) is 152 Å². The second-order valence-electron chi connectivity index (χ2n) is 14.6. The van der Waals surface area contributed by atoms with Gasteiger partial charge in [0.25, 0.3) is 0 Å². The minimum atomic E-state index is -0.892. The fraction of sp³-hybridized carbons (Fsp3) is 0.222. The molecule has 10 heteroatoms. The summed E-state index contributed by atoms with van der Waals surface area (Å²) in [6.07, 6.45) is 4.60. The fourth-order valence-corrected chi connectivity index (χ4v) is 7.20. The lowest BCUT2D eigenvalue weighted by atomic mass is 9.76. The molecule has 7 rings (SSSR count). The zero-order valence-electron chi connectivity index (χ0n) is 31.0. The van der Waals surface area contributed by atoms with Crippen LogP contribution >= 0.6 is 0 Å². The number of benzene rings is 4. The van der Waals surface area contributed by atoms with E-state index >= 15 is 0 Å². The van der Waals surface area contributed by atoms with Crippen LogP contribution in [0.25, 0.3) is 0 Å². The zero-order valence-corrected chi connectivity index (χ0v) is 31.0. The first kappa shape index (κ1) is 36.8. The van der Waals surface area contributed by atoms with Crippen molar-refractivity contribution in [3.63, 3.8) is 0 Å². The number of imidazole rings is 1. The number of nitrogens with zero attached hydrogens (tertiary/aromatic N) is 4. The average molecular weight is 734 g/mol. The van der Waals surface area contributed by atoms with Gasteiger partial charge in [-0.2, -0.15) is 0 Å². The second kappa shape index (κ2) is 15.8. The smallest absolute Gasteiger partial charge is 0.417 e. The van der Waals surface area contributed by atoms with Crippen LogP contribution < -0.4 is 5.32 Å². The number of carbonyl (C=O) groups is 3. The first-order chi connectivity index (χ1) is 26.6. The Hall–Kier alpha value is -6.55. The molecule has 1 fully saturated rings. The average Bonchev–Trinajstić information content (AvgIpc) is 3.82. The second-order valence-corrected chi connectivity index (χ2v) is 14.6. The van der Waals surface area contributed by atoms with Crippen LogP contribution in [0.2, 0.25) is 0 Å². The Morgan fingerprint density at radius 1 is 0.782 bits per heavy atom. The van der Waals surface area contributed by atoms with Crippen LogP contribution in [0.5, 0.6) is 0 Å². The molecule has 0 bridgehead atoms. The summed E-state index contributed by atoms with van der Waals surface area (Å²) >= 11 is 0. The van der Waals surface area contributed by atoms with Gasteiger partial charge in [0.2, 0.25) is 5.91 Å². The SMILES string of the molecule is CC(C)(C)OC(=O)Nc1ccc(C[C@@H](C(=O)N2C(=O)OC[C@H]2Cc2ccccc2)c2cn(C(c3ccccc3)(c3ccccc3)c3ccccc3)cn2)cn1. The molecular weight excluding hydrogens is 691 g/mol. The molecule has 0 radical (unpaired) electrons. The van der Waals surface area contributed by atoms with E-state index in [-0.39, 0.29) is 13.0 Å². The number of anilines is 1. The standard InChI is InChI=1S/C45H43N5O5/c1-44(2,3)55-42(52)48-40-25-24-33(28-46-40)27-38(41(51)50-37(30-54-43(50)53)26-32-16-8-4-9-17-32)39-29-49(31-47-39)45(34-18-10-5-11-19-34,35-20-12-6-13-21-35)36-22-14-7-15-23-36/h4-25,28-29,31,37-38H,26-27,30H2,1-3H3,(H,46,48,52)/t37-,38-/m1/s1. The van der Waals surface area contributed by atoms with E-state index in [1.54, 1.807) is 45.4 Å². The number of hydrogen-bond donors (Lipinski definition) is 1. The highest BCUT2D eigenvalue weighted by atomic mass is 16.6. The van der Waals surface area contributed by atoms with Gasteiger partial charge < -0.3 is 14.0 Å². The maximum absolute atomic E-state index is 14.9. The number of pyridine rings is 1. The van der Waals surface area contributed by atoms with Gasteiger partial charge in [0.05, 0.1) is 24.0 Å². The summed E-state index contributed by atoms with van der Waals surface area (Å²) in [5.74, 6) is -1.01. The molecule has 4 aromatic carbocycles. The molecule has 0 spiro atoms. The largest absolute Gasteiger partial charge is 0.447 e. The van der Waals surface area contributed by atoms with Crippen molar-refractivity contribution >= 4 is 23.9 Å². The Balaban J connectivity index is 1.30. The molecule has 278 valence electrons. The number of rotatable bonds is 11. The molecule has 1 aliphatic rings. The van der Waals surface area contributed by atoms with Gasteiger partial charge in [-0.3, -0.25) is 10.1 Å². The highest BCUT2D eigenvalue weighted by molar-refractivity contribution is 5.97. The molecule has 0 unspecified atom stereocenters. The third kappa shape index (κ3) is 8.03. The lowest BCUT2D eigenvalue weighted by Crippen LogP contribution is -2.43. The number of nitrogens with one attached hydrogen (secondary N) is 1. The monoisotopic (exact) mass is 733 g/mol. The summed E-state index contributed by atoms with van der Waals surface area (Å²) in [5, 5.41) is 2.66. The van der Waals surface area contributed by atoms with Crippen molar-refractivity contribution in [2.75, 3.05) is 11.9 Å². The van der Waals surface area contributed by atoms with Crippen LogP contribution in [0.3, 0.4) is 0 Å². The van der Waals surface area contributed by atoms with E-state index < -0.39 is 41.2 Å². The molecule has 1 aliphatic heterocycles. The van der Waals surface area contributed by atoms with Crippen LogP contribution in [-0.4, -0.2) is 55.8 Å². The maximum atomic E-state index is 14.9. The molecule has 3 amide bonds. The lowest BCUT2D eigenvalue weighted by molar-refractivity contribution is -0.130. The number of hydrogen-bond acceptors (Lipinski definition) is 7. The molecule has 2 aromatic heterocycles. The van der Waals surface area contributed by atoms with E-state index in [9.17, 15) is 14.4 Å². The quantitative estimate of drug-likeness (QED) is 0.133. The molecule has 0 aliphatic carbocycles. The number of aromatic nitrogens is 3. The number of imide groups is 1. The van der Waals surface area contributed by atoms with Crippen LogP contribution in [-0.2, 0) is 32.6 Å². The van der Waals surface area contributed by atoms with E-state index in [1.165, 1.54) is 4.90 Å². The maximum Gasteiger partial charge on any atom is 0.417 e. The third-order valence-corrected chi connectivity index (χ3v) is 9.63. The summed E-state index contributed by atoms with van der Waals surface area (Å²) in [6.45, 7) is 5.44. The van der Waals surface area contributed by atoms with E-state index in [0.29, 0.717) is 23.5 Å². The van der Waals surface area contributed by atoms with E-state index in [4.69, 9.17) is 14.5 Å². The zero-order chi connectivity index (χ0) is 38.4. The predicted octanol–water partition coefficient (Wildman–Crippen LogP) is 8.38. The molecule has 2 atom stereocenters. The molecule has 55 heavy (non-hydrogen) atoms. The first-order valence-electron chi connectivity index (χ1n) is 18.3. The number of ether oxygens (including phenoxy) is 2. The summed E-state index contributed by atoms with van der Waals surface area (Å²) < 4.78 is 12.9. The molecule has 10 nitrogen and oxygen atoms in total. The highest BCUT2D eigenvalue weighted by Gasteiger charge is 2.43. The van der Waals surface area contributed by atoms with Gasteiger partial charge in [0.15, 0.2) is 0 Å². The minimum absolute atomic E-state index is 0.0896. The van der Waals surface area contributed by atoms with Gasteiger partial charge >= 0.3 is 12.2 Å². The van der Waals surface area contributed by atoms with Crippen molar-refractivity contribution in [1.82, 2.24) is 19.4 Å². The molecular formula is C45H43N5O5. The first-order valence-corrected chi connectivity index (χ1v) is 18.3. The van der Waals surface area contributed by atoms with Crippen molar-refractivity contribution in [2.24, 2.45) is 0 Å². The fourth-order valence-electron chi connectivity index (χ4n) is 7.20. The predicted molar refractivity (Wildman–Crippen MR) is 209 cm³/mol. The van der Waals surface area contributed by atoms with Gasteiger partial charge in [-0.25, -0.2) is 24.5 Å². The van der Waals surface area contributed by atoms with Crippen LogP contribution in [0, 0.1) is 0 Å². The number of amides is 3. The topological polar surface area (TPSA) is 116 Å². The summed E-state index contributed by atoms with van der Waals surface area (Å²) in [5.41, 5.74) is 3.64.